The van der Waals surface area contributed by atoms with Gasteiger partial charge in [-0.05, 0) is 30.0 Å². The molecule has 2 N–H and O–H groups in total. The number of carbonyl (C=O) groups excluding carboxylic acids is 1. The Labute approximate surface area is 127 Å². The van der Waals surface area contributed by atoms with Crippen molar-refractivity contribution in [2.75, 3.05) is 40.5 Å². The zero-order chi connectivity index (χ0) is 15.5. The fourth-order valence-corrected chi connectivity index (χ4v) is 1.97. The quantitative estimate of drug-likeness (QED) is 0.643. The summed E-state index contributed by atoms with van der Waals surface area (Å²) in [6.45, 7) is 4.47. The first-order valence-electron chi connectivity index (χ1n) is 7.27. The first kappa shape index (κ1) is 17.5. The molecule has 1 atom stereocenters. The van der Waals surface area contributed by atoms with E-state index in [9.17, 15) is 4.79 Å². The standard InChI is InChI=1S/C16H26N2O3/c1-13(14-4-6-15(21-3)7-5-14)8-9-18-16(19)12-17-10-11-20-2/h4-7,13,17H,8-12H2,1-3H3,(H,18,19). The highest BCUT2D eigenvalue weighted by atomic mass is 16.5. The van der Waals surface area contributed by atoms with Crippen LogP contribution < -0.4 is 15.4 Å². The minimum Gasteiger partial charge on any atom is -0.497 e. The van der Waals surface area contributed by atoms with Crippen LogP contribution in [0.3, 0.4) is 0 Å². The van der Waals surface area contributed by atoms with Gasteiger partial charge in [0, 0.05) is 20.2 Å². The lowest BCUT2D eigenvalue weighted by molar-refractivity contribution is -0.120. The molecular formula is C16H26N2O3. The average molecular weight is 294 g/mol. The molecule has 5 nitrogen and oxygen atoms in total. The minimum absolute atomic E-state index is 0.0213. The van der Waals surface area contributed by atoms with Crippen molar-refractivity contribution in [2.45, 2.75) is 19.3 Å². The predicted molar refractivity (Wildman–Crippen MR) is 83.8 cm³/mol. The van der Waals surface area contributed by atoms with Crippen LogP contribution in [0.15, 0.2) is 24.3 Å². The Balaban J connectivity index is 2.20. The normalized spacial score (nSPS) is 12.0. The van der Waals surface area contributed by atoms with Crippen LogP contribution in [0.25, 0.3) is 0 Å². The van der Waals surface area contributed by atoms with Crippen LogP contribution in [0.5, 0.6) is 5.75 Å². The molecule has 0 saturated carbocycles. The highest BCUT2D eigenvalue weighted by Gasteiger charge is 2.07. The molecule has 0 aromatic heterocycles. The molecule has 0 fully saturated rings. The number of ether oxygens (including phenoxy) is 2. The van der Waals surface area contributed by atoms with E-state index < -0.39 is 0 Å². The third-order valence-electron chi connectivity index (χ3n) is 3.35. The van der Waals surface area contributed by atoms with Gasteiger partial charge in [-0.25, -0.2) is 0 Å². The second kappa shape index (κ2) is 10.2. The van der Waals surface area contributed by atoms with Crippen LogP contribution in [0.4, 0.5) is 0 Å². The number of benzene rings is 1. The van der Waals surface area contributed by atoms with Gasteiger partial charge < -0.3 is 20.1 Å². The fraction of sp³-hybridized carbons (Fsp3) is 0.562. The van der Waals surface area contributed by atoms with Gasteiger partial charge in [-0.3, -0.25) is 4.79 Å². The lowest BCUT2D eigenvalue weighted by Crippen LogP contribution is -2.35. The molecule has 0 heterocycles. The Morgan fingerprint density at radius 3 is 2.52 bits per heavy atom. The predicted octanol–water partition coefficient (Wildman–Crippen LogP) is 1.54. The molecule has 0 radical (unpaired) electrons. The van der Waals surface area contributed by atoms with Crippen LogP contribution in [0.2, 0.25) is 0 Å². The third-order valence-corrected chi connectivity index (χ3v) is 3.35. The largest absolute Gasteiger partial charge is 0.497 e. The molecule has 0 bridgehead atoms. The van der Waals surface area contributed by atoms with Gasteiger partial charge in [0.05, 0.1) is 20.3 Å². The Bertz CT molecular complexity index is 406. The lowest BCUT2D eigenvalue weighted by Gasteiger charge is -2.13. The van der Waals surface area contributed by atoms with Crippen LogP contribution in [0.1, 0.15) is 24.8 Å². The summed E-state index contributed by atoms with van der Waals surface area (Å²) in [6, 6.07) is 8.06. The van der Waals surface area contributed by atoms with Crippen molar-refractivity contribution in [2.24, 2.45) is 0 Å². The van der Waals surface area contributed by atoms with Crippen molar-refractivity contribution in [1.82, 2.24) is 10.6 Å². The van der Waals surface area contributed by atoms with E-state index in [1.54, 1.807) is 14.2 Å². The molecular weight excluding hydrogens is 268 g/mol. The van der Waals surface area contributed by atoms with E-state index in [-0.39, 0.29) is 5.91 Å². The van der Waals surface area contributed by atoms with Crippen molar-refractivity contribution < 1.29 is 14.3 Å². The number of rotatable bonds is 10. The Morgan fingerprint density at radius 2 is 1.90 bits per heavy atom. The van der Waals surface area contributed by atoms with Crippen molar-refractivity contribution in [3.63, 3.8) is 0 Å². The number of carbonyl (C=O) groups is 1. The summed E-state index contributed by atoms with van der Waals surface area (Å²) in [5, 5.41) is 5.93. The molecule has 1 amide bonds. The first-order valence-corrected chi connectivity index (χ1v) is 7.27. The molecule has 1 aromatic carbocycles. The van der Waals surface area contributed by atoms with Gasteiger partial charge in [-0.1, -0.05) is 19.1 Å². The number of hydrogen-bond acceptors (Lipinski definition) is 4. The van der Waals surface area contributed by atoms with Crippen molar-refractivity contribution >= 4 is 5.91 Å². The maximum Gasteiger partial charge on any atom is 0.233 e. The summed E-state index contributed by atoms with van der Waals surface area (Å²) in [6.07, 6.45) is 0.913. The maximum absolute atomic E-state index is 11.6. The minimum atomic E-state index is 0.0213. The van der Waals surface area contributed by atoms with Gasteiger partial charge in [-0.15, -0.1) is 0 Å². The maximum atomic E-state index is 11.6. The van der Waals surface area contributed by atoms with Gasteiger partial charge in [0.2, 0.25) is 5.91 Å². The van der Waals surface area contributed by atoms with E-state index in [0.29, 0.717) is 32.2 Å². The van der Waals surface area contributed by atoms with E-state index in [2.05, 4.69) is 29.7 Å². The molecule has 0 spiro atoms. The van der Waals surface area contributed by atoms with Gasteiger partial charge >= 0.3 is 0 Å². The molecule has 0 aliphatic heterocycles. The molecule has 0 saturated heterocycles. The van der Waals surface area contributed by atoms with Crippen LogP contribution in [-0.2, 0) is 9.53 Å². The van der Waals surface area contributed by atoms with Crippen LogP contribution >= 0.6 is 0 Å². The van der Waals surface area contributed by atoms with Gasteiger partial charge in [0.1, 0.15) is 5.75 Å². The smallest absolute Gasteiger partial charge is 0.233 e. The molecule has 1 unspecified atom stereocenters. The van der Waals surface area contributed by atoms with Crippen LogP contribution in [-0.4, -0.2) is 46.4 Å². The van der Waals surface area contributed by atoms with Crippen molar-refractivity contribution in [3.8, 4) is 5.75 Å². The van der Waals surface area contributed by atoms with Gasteiger partial charge in [0.25, 0.3) is 0 Å². The molecule has 21 heavy (non-hydrogen) atoms. The molecule has 0 aliphatic rings. The summed E-state index contributed by atoms with van der Waals surface area (Å²) in [4.78, 5) is 11.6. The molecule has 1 aromatic rings. The van der Waals surface area contributed by atoms with E-state index >= 15 is 0 Å². The topological polar surface area (TPSA) is 59.6 Å². The second-order valence-corrected chi connectivity index (χ2v) is 4.98. The Hall–Kier alpha value is -1.59. The summed E-state index contributed by atoms with van der Waals surface area (Å²) >= 11 is 0. The molecule has 0 aliphatic carbocycles. The highest BCUT2D eigenvalue weighted by Crippen LogP contribution is 2.21. The van der Waals surface area contributed by atoms with Gasteiger partial charge in [0.15, 0.2) is 0 Å². The first-order chi connectivity index (χ1) is 10.2. The fourth-order valence-electron chi connectivity index (χ4n) is 1.97. The average Bonchev–Trinajstić information content (AvgIpc) is 2.51. The second-order valence-electron chi connectivity index (χ2n) is 4.98. The van der Waals surface area contributed by atoms with E-state index in [0.717, 1.165) is 12.2 Å². The summed E-state index contributed by atoms with van der Waals surface area (Å²) in [5.41, 5.74) is 1.25. The number of nitrogens with one attached hydrogen (secondary N) is 2. The van der Waals surface area contributed by atoms with E-state index in [1.807, 2.05) is 12.1 Å². The molecule has 118 valence electrons. The van der Waals surface area contributed by atoms with E-state index in [1.165, 1.54) is 5.56 Å². The molecule has 1 rings (SSSR count). The number of hydrogen-bond donors (Lipinski definition) is 2. The summed E-state index contributed by atoms with van der Waals surface area (Å²) in [5.74, 6) is 1.28. The number of methoxy groups -OCH3 is 2. The zero-order valence-corrected chi connectivity index (χ0v) is 13.1. The monoisotopic (exact) mass is 294 g/mol. The lowest BCUT2D eigenvalue weighted by atomic mass is 9.98. The Kier molecular flexibility index (Phi) is 8.47. The van der Waals surface area contributed by atoms with Gasteiger partial charge in [-0.2, -0.15) is 0 Å². The summed E-state index contributed by atoms with van der Waals surface area (Å²) < 4.78 is 10.0. The summed E-state index contributed by atoms with van der Waals surface area (Å²) in [7, 11) is 3.30. The van der Waals surface area contributed by atoms with Crippen molar-refractivity contribution in [1.29, 1.82) is 0 Å². The Morgan fingerprint density at radius 1 is 1.19 bits per heavy atom. The van der Waals surface area contributed by atoms with E-state index in [4.69, 9.17) is 9.47 Å². The zero-order valence-electron chi connectivity index (χ0n) is 13.1. The number of amides is 1. The molecule has 5 heteroatoms. The SMILES string of the molecule is COCCNCC(=O)NCCC(C)c1ccc(OC)cc1. The van der Waals surface area contributed by atoms with Crippen molar-refractivity contribution in [3.05, 3.63) is 29.8 Å². The highest BCUT2D eigenvalue weighted by molar-refractivity contribution is 5.77. The third kappa shape index (κ3) is 7.11. The van der Waals surface area contributed by atoms with Crippen LogP contribution in [0, 0.1) is 0 Å².